The molecule has 0 saturated carbocycles. The fourth-order valence-corrected chi connectivity index (χ4v) is 9.66. The molecule has 0 spiro atoms. The van der Waals surface area contributed by atoms with E-state index in [0.29, 0.717) is 15.6 Å². The Morgan fingerprint density at radius 3 is 1.81 bits per heavy atom. The number of hydrogen-bond acceptors (Lipinski definition) is 12. The second kappa shape index (κ2) is 23.1. The van der Waals surface area contributed by atoms with Gasteiger partial charge >= 0.3 is 0 Å². The number of fused-ring (bicyclic) bond motifs is 3. The molecular formula is C51H50ClCoN8O5S2-. The number of aliphatic hydroxyl groups excluding tert-OH is 2. The number of ether oxygens (including phenoxy) is 1. The summed E-state index contributed by atoms with van der Waals surface area (Å²) in [6, 6.07) is 28.5. The van der Waals surface area contributed by atoms with E-state index in [0.717, 1.165) is 68.4 Å². The number of carbonyl (C=O) groups excluding carboxylic acids is 2. The van der Waals surface area contributed by atoms with Crippen LogP contribution in [-0.4, -0.2) is 66.5 Å². The molecule has 4 aromatic carbocycles. The van der Waals surface area contributed by atoms with Gasteiger partial charge in [-0.15, -0.1) is 22.7 Å². The Labute approximate surface area is 417 Å². The number of methoxy groups -OCH3 is 1. The van der Waals surface area contributed by atoms with Gasteiger partial charge in [0.05, 0.1) is 19.6 Å². The van der Waals surface area contributed by atoms with Gasteiger partial charge < -0.3 is 40.0 Å². The minimum atomic E-state index is -0.267. The van der Waals surface area contributed by atoms with Crippen LogP contribution in [0.25, 0.3) is 26.5 Å². The summed E-state index contributed by atoms with van der Waals surface area (Å²) in [5, 5.41) is 35.6. The van der Waals surface area contributed by atoms with Crippen molar-refractivity contribution < 1.29 is 46.2 Å². The van der Waals surface area contributed by atoms with Crippen LogP contribution in [0.15, 0.2) is 159 Å². The average molecular weight is 1010 g/mol. The molecule has 3 atom stereocenters. The van der Waals surface area contributed by atoms with E-state index in [4.69, 9.17) is 16.3 Å². The molecule has 0 saturated heterocycles. The van der Waals surface area contributed by atoms with E-state index in [2.05, 4.69) is 112 Å². The summed E-state index contributed by atoms with van der Waals surface area (Å²) in [4.78, 5) is 35.3. The van der Waals surface area contributed by atoms with Crippen LogP contribution in [0, 0.1) is 0 Å². The molecule has 9 rings (SSSR count). The molecule has 3 heterocycles. The summed E-state index contributed by atoms with van der Waals surface area (Å²) < 4.78 is 7.77. The van der Waals surface area contributed by atoms with Gasteiger partial charge in [-0.05, 0) is 111 Å². The molecule has 1 radical (unpaired) electrons. The third-order valence-electron chi connectivity index (χ3n) is 11.7. The van der Waals surface area contributed by atoms with E-state index in [-0.39, 0.29) is 56.7 Å². The molecule has 0 bridgehead atoms. The molecule has 3 unspecified atom stereocenters. The predicted octanol–water partition coefficient (Wildman–Crippen LogP) is 8.49. The van der Waals surface area contributed by atoms with Gasteiger partial charge in [-0.2, -0.15) is 0 Å². The largest absolute Gasteiger partial charge is 0.506 e. The van der Waals surface area contributed by atoms with Crippen molar-refractivity contribution in [3.8, 4) is 5.75 Å². The Bertz CT molecular complexity index is 2980. The molecule has 1 aliphatic heterocycles. The first-order valence-electron chi connectivity index (χ1n) is 21.6. The fraction of sp³-hybridized carbons (Fsp3) is 0.216. The number of likely N-dealkylation sites (N-methyl/N-ethyl adjacent to an activating group) is 1. The number of quaternary nitrogens is 1. The monoisotopic (exact) mass is 1010 g/mol. The van der Waals surface area contributed by atoms with Crippen molar-refractivity contribution in [3.05, 3.63) is 165 Å². The molecule has 0 fully saturated rings. The maximum absolute atomic E-state index is 11.0. The molecule has 3 aliphatic rings. The Morgan fingerprint density at radius 2 is 1.32 bits per heavy atom. The van der Waals surface area contributed by atoms with Gasteiger partial charge in [0.1, 0.15) is 40.4 Å². The number of rotatable bonds is 9. The van der Waals surface area contributed by atoms with Crippen molar-refractivity contribution >= 4 is 95.1 Å². The molecule has 6 aromatic rings. The number of halogens is 1. The zero-order chi connectivity index (χ0) is 47.7. The van der Waals surface area contributed by atoms with E-state index >= 15 is 0 Å². The maximum atomic E-state index is 11.0. The summed E-state index contributed by atoms with van der Waals surface area (Å²) in [5.74, 6) is 0.0163. The number of thiazole rings is 2. The molecule has 17 heteroatoms. The van der Waals surface area contributed by atoms with Crippen LogP contribution in [0.5, 0.6) is 5.75 Å². The first-order valence-corrected chi connectivity index (χ1v) is 23.6. The third-order valence-corrected chi connectivity index (χ3v) is 13.7. The Kier molecular flexibility index (Phi) is 17.3. The number of nitrogens with zero attached hydrogens (tertiary/aromatic N) is 7. The number of ketones is 2. The number of benzene rings is 4. The Balaban J connectivity index is 0.000000172. The van der Waals surface area contributed by atoms with Gasteiger partial charge in [0.25, 0.3) is 0 Å². The van der Waals surface area contributed by atoms with Crippen molar-refractivity contribution in [3.63, 3.8) is 0 Å². The second-order valence-corrected chi connectivity index (χ2v) is 18.2. The molecule has 2 aliphatic carbocycles. The fourth-order valence-electron chi connectivity index (χ4n) is 7.91. The second-order valence-electron chi connectivity index (χ2n) is 15.7. The van der Waals surface area contributed by atoms with Gasteiger partial charge in [0, 0.05) is 95.0 Å². The van der Waals surface area contributed by atoms with E-state index in [1.165, 1.54) is 68.8 Å². The van der Waals surface area contributed by atoms with Crippen molar-refractivity contribution in [2.24, 2.45) is 20.4 Å². The van der Waals surface area contributed by atoms with E-state index in [1.54, 1.807) is 7.11 Å². The summed E-state index contributed by atoms with van der Waals surface area (Å²) in [6.07, 6.45) is 13.3. The van der Waals surface area contributed by atoms with Gasteiger partial charge in [-0.1, -0.05) is 54.9 Å². The Morgan fingerprint density at radius 1 is 0.779 bits per heavy atom. The quantitative estimate of drug-likeness (QED) is 0.0957. The van der Waals surface area contributed by atoms with Crippen molar-refractivity contribution in [1.82, 2.24) is 9.97 Å². The van der Waals surface area contributed by atoms with Crippen LogP contribution in [0.3, 0.4) is 0 Å². The van der Waals surface area contributed by atoms with E-state index in [9.17, 15) is 19.8 Å². The first kappa shape index (κ1) is 51.0. The van der Waals surface area contributed by atoms with Gasteiger partial charge in [0.15, 0.2) is 11.6 Å². The molecule has 0 amide bonds. The van der Waals surface area contributed by atoms with Gasteiger partial charge in [-0.3, -0.25) is 24.7 Å². The summed E-state index contributed by atoms with van der Waals surface area (Å²) >= 11 is 9.15. The van der Waals surface area contributed by atoms with E-state index < -0.39 is 0 Å². The van der Waals surface area contributed by atoms with Gasteiger partial charge in [-0.25, -0.2) is 0 Å². The van der Waals surface area contributed by atoms with Crippen molar-refractivity contribution in [2.75, 3.05) is 32.1 Å². The number of nitrogens with one attached hydrogen (secondary N) is 1. The van der Waals surface area contributed by atoms with Gasteiger partial charge in [0.2, 0.25) is 0 Å². The zero-order valence-corrected chi connectivity index (χ0v) is 41.6. The Hall–Kier alpha value is -6.40. The third kappa shape index (κ3) is 11.8. The molecular weight excluding hydrogens is 963 g/mol. The zero-order valence-electron chi connectivity index (χ0n) is 38.2. The minimum Gasteiger partial charge on any atom is -0.506 e. The molecule has 13 nitrogen and oxygen atoms in total. The number of para-hydroxylation sites is 2. The summed E-state index contributed by atoms with van der Waals surface area (Å²) in [6.45, 7) is 11.0. The van der Waals surface area contributed by atoms with Crippen molar-refractivity contribution in [1.29, 1.82) is 0 Å². The van der Waals surface area contributed by atoms with Crippen molar-refractivity contribution in [2.45, 2.75) is 45.6 Å². The van der Waals surface area contributed by atoms with Crippen LogP contribution in [0.4, 0.5) is 11.4 Å². The number of anilines is 1. The standard InChI is InChI=1S/C25H33ClN2O.2C13H9N3O2S.Co/c1-7-25(4)21-16-19(26)12-14-22(21)27(5)24(25)15-11-18-10-13-20(17-23(18)29-6)28(8-2)9-3;2*17-8-5-6-9(11(18)7-8)15-16-13-14-10-3-1-2-4-12(10)19-13;/h10-17,24H,7-9H2,1-6H3;2*1-7H,(H2,14,16,17,18);/p-1/b15-11+;;;. The summed E-state index contributed by atoms with van der Waals surface area (Å²) in [7, 11) is 4.00. The SMILES string of the molecule is CCN(CC)c1ccc(/C=C/C2[NH+](C)c3ccc(Cl)cc3C2(C)CC)c(OC)c1.O=C1C=CC(=NN=c2[n-]c3ccccc3s2)C(O)=C1.O=C1C=CC(=NN=c2[n-]c3ccccc3s2)C(O)=C1.[Co]. The van der Waals surface area contributed by atoms with Crippen LogP contribution in [0.2, 0.25) is 5.02 Å². The number of carbonyl (C=O) groups is 2. The van der Waals surface area contributed by atoms with E-state index in [1.807, 2.05) is 54.6 Å². The van der Waals surface area contributed by atoms with Crippen LogP contribution in [-0.2, 0) is 31.8 Å². The molecule has 68 heavy (non-hydrogen) atoms. The number of aromatic nitrogens is 2. The number of allylic oxidation sites excluding steroid dienone is 6. The smallest absolute Gasteiger partial charge is 0.182 e. The first-order chi connectivity index (χ1) is 32.3. The number of hydrogen-bond donors (Lipinski definition) is 3. The molecule has 3 N–H and O–H groups in total. The minimum absolute atomic E-state index is 0. The topological polar surface area (TPSA) is 169 Å². The number of aliphatic hydroxyl groups is 2. The average Bonchev–Trinajstić information content (AvgIpc) is 4.01. The molecule has 353 valence electrons. The normalized spacial score (nSPS) is 20.2. The van der Waals surface area contributed by atoms with Crippen LogP contribution < -0.4 is 34.1 Å². The maximum Gasteiger partial charge on any atom is 0.182 e. The van der Waals surface area contributed by atoms with Crippen LogP contribution in [0.1, 0.15) is 45.2 Å². The molecule has 2 aromatic heterocycles. The van der Waals surface area contributed by atoms with Crippen LogP contribution >= 0.6 is 34.3 Å². The predicted molar refractivity (Wildman–Crippen MR) is 271 cm³/mol. The summed E-state index contributed by atoms with van der Waals surface area (Å²) in [5.41, 5.74) is 7.30.